The first kappa shape index (κ1) is 8.45. The zero-order valence-electron chi connectivity index (χ0n) is 8.11. The lowest BCUT2D eigenvalue weighted by Crippen LogP contribution is -2.01. The maximum absolute atomic E-state index is 5.26. The van der Waals surface area contributed by atoms with Crippen molar-refractivity contribution in [3.8, 4) is 0 Å². The quantitative estimate of drug-likeness (QED) is 0.673. The summed E-state index contributed by atoms with van der Waals surface area (Å²) in [5.74, 6) is 0. The van der Waals surface area contributed by atoms with Gasteiger partial charge in [0.2, 0.25) is 0 Å². The molecule has 2 aliphatic rings. The average molecular weight is 190 g/mol. The van der Waals surface area contributed by atoms with Gasteiger partial charge in [-0.1, -0.05) is 24.3 Å². The van der Waals surface area contributed by atoms with E-state index < -0.39 is 0 Å². The summed E-state index contributed by atoms with van der Waals surface area (Å²) in [6.45, 7) is 1.88. The van der Waals surface area contributed by atoms with Crippen molar-refractivity contribution in [2.24, 2.45) is 0 Å². The van der Waals surface area contributed by atoms with Crippen molar-refractivity contribution < 1.29 is 9.47 Å². The molecule has 0 aromatic heterocycles. The Labute approximate surface area is 83.8 Å². The van der Waals surface area contributed by atoms with Crippen LogP contribution in [-0.4, -0.2) is 25.4 Å². The van der Waals surface area contributed by atoms with E-state index in [0.29, 0.717) is 12.2 Å². The van der Waals surface area contributed by atoms with Crippen LogP contribution >= 0.6 is 0 Å². The molecule has 0 bridgehead atoms. The summed E-state index contributed by atoms with van der Waals surface area (Å²) in [5.41, 5.74) is 2.87. The van der Waals surface area contributed by atoms with Crippen molar-refractivity contribution in [2.45, 2.75) is 25.0 Å². The second-order valence-corrected chi connectivity index (χ2v) is 4.09. The Bertz CT molecular complexity index is 294. The number of hydrogen-bond donors (Lipinski definition) is 0. The molecule has 2 unspecified atom stereocenters. The Morgan fingerprint density at radius 3 is 1.71 bits per heavy atom. The fourth-order valence-corrected chi connectivity index (χ4v) is 1.82. The molecule has 3 rings (SSSR count). The van der Waals surface area contributed by atoms with Crippen molar-refractivity contribution in [3.63, 3.8) is 0 Å². The minimum Gasteiger partial charge on any atom is -0.373 e. The number of ether oxygens (including phenoxy) is 2. The molecule has 0 N–H and O–H groups in total. The van der Waals surface area contributed by atoms with Crippen LogP contribution in [0.5, 0.6) is 0 Å². The Kier molecular flexibility index (Phi) is 2.03. The van der Waals surface area contributed by atoms with Gasteiger partial charge in [0.05, 0.1) is 25.4 Å². The van der Waals surface area contributed by atoms with Gasteiger partial charge >= 0.3 is 0 Å². The predicted molar refractivity (Wildman–Crippen MR) is 53.3 cm³/mol. The van der Waals surface area contributed by atoms with Crippen LogP contribution in [0.3, 0.4) is 0 Å². The maximum atomic E-state index is 5.26. The lowest BCUT2D eigenvalue weighted by atomic mass is 9.99. The first-order valence-corrected chi connectivity index (χ1v) is 5.22. The predicted octanol–water partition coefficient (Wildman–Crippen LogP) is 1.57. The molecular weight excluding hydrogens is 176 g/mol. The molecule has 1 aromatic rings. The van der Waals surface area contributed by atoms with E-state index in [1.807, 2.05) is 0 Å². The number of rotatable bonds is 4. The van der Waals surface area contributed by atoms with E-state index in [-0.39, 0.29) is 0 Å². The third kappa shape index (κ3) is 1.97. The van der Waals surface area contributed by atoms with Crippen molar-refractivity contribution >= 4 is 0 Å². The van der Waals surface area contributed by atoms with Gasteiger partial charge in [0, 0.05) is 12.8 Å². The molecule has 2 saturated heterocycles. The van der Waals surface area contributed by atoms with E-state index in [2.05, 4.69) is 24.3 Å². The standard InChI is InChI=1S/C12H14O2/c1-2-4-10(6-12-8-14-12)9(3-1)5-11-7-13-11/h1-4,11-12H,5-8H2. The van der Waals surface area contributed by atoms with Crippen LogP contribution in [0.25, 0.3) is 0 Å². The normalized spacial score (nSPS) is 28.9. The van der Waals surface area contributed by atoms with Gasteiger partial charge in [0.25, 0.3) is 0 Å². The first-order chi connectivity index (χ1) is 6.92. The summed E-state index contributed by atoms with van der Waals surface area (Å²) < 4.78 is 10.5. The smallest absolute Gasteiger partial charge is 0.0850 e. The fourth-order valence-electron chi connectivity index (χ4n) is 1.82. The number of benzene rings is 1. The first-order valence-electron chi connectivity index (χ1n) is 5.22. The van der Waals surface area contributed by atoms with Gasteiger partial charge in [0.1, 0.15) is 0 Å². The molecule has 2 aliphatic heterocycles. The van der Waals surface area contributed by atoms with E-state index in [1.54, 1.807) is 0 Å². The molecule has 0 radical (unpaired) electrons. The number of epoxide rings is 2. The highest BCUT2D eigenvalue weighted by Gasteiger charge is 2.26. The summed E-state index contributed by atoms with van der Waals surface area (Å²) in [6, 6.07) is 8.63. The number of hydrogen-bond acceptors (Lipinski definition) is 2. The Balaban J connectivity index is 1.76. The highest BCUT2D eigenvalue weighted by Crippen LogP contribution is 2.23. The lowest BCUT2D eigenvalue weighted by molar-refractivity contribution is 0.401. The molecule has 74 valence electrons. The van der Waals surface area contributed by atoms with Crippen molar-refractivity contribution in [1.82, 2.24) is 0 Å². The summed E-state index contributed by atoms with van der Waals surface area (Å²) >= 11 is 0. The summed E-state index contributed by atoms with van der Waals surface area (Å²) in [7, 11) is 0. The van der Waals surface area contributed by atoms with Crippen molar-refractivity contribution in [1.29, 1.82) is 0 Å². The van der Waals surface area contributed by atoms with Crippen molar-refractivity contribution in [2.75, 3.05) is 13.2 Å². The molecule has 0 spiro atoms. The summed E-state index contributed by atoms with van der Waals surface area (Å²) in [6.07, 6.45) is 3.11. The van der Waals surface area contributed by atoms with Gasteiger partial charge in [0.15, 0.2) is 0 Å². The van der Waals surface area contributed by atoms with E-state index in [1.165, 1.54) is 11.1 Å². The zero-order chi connectivity index (χ0) is 9.38. The van der Waals surface area contributed by atoms with Crippen LogP contribution < -0.4 is 0 Å². The molecule has 2 atom stereocenters. The highest BCUT2D eigenvalue weighted by molar-refractivity contribution is 5.29. The molecule has 0 saturated carbocycles. The van der Waals surface area contributed by atoms with Gasteiger partial charge in [-0.25, -0.2) is 0 Å². The van der Waals surface area contributed by atoms with Gasteiger partial charge in [-0.3, -0.25) is 0 Å². The highest BCUT2D eigenvalue weighted by atomic mass is 16.6. The van der Waals surface area contributed by atoms with Gasteiger partial charge < -0.3 is 9.47 Å². The average Bonchev–Trinajstić information content (AvgIpc) is 3.01. The van der Waals surface area contributed by atoms with E-state index >= 15 is 0 Å². The largest absolute Gasteiger partial charge is 0.373 e. The molecule has 2 nitrogen and oxygen atoms in total. The second-order valence-electron chi connectivity index (χ2n) is 4.09. The minimum absolute atomic E-state index is 0.483. The SMILES string of the molecule is c1ccc(CC2CO2)c(CC2CO2)c1. The molecule has 14 heavy (non-hydrogen) atoms. The summed E-state index contributed by atoms with van der Waals surface area (Å²) in [4.78, 5) is 0. The molecule has 0 amide bonds. The van der Waals surface area contributed by atoms with Crippen LogP contribution in [0.15, 0.2) is 24.3 Å². The summed E-state index contributed by atoms with van der Waals surface area (Å²) in [5, 5.41) is 0. The fraction of sp³-hybridized carbons (Fsp3) is 0.500. The Morgan fingerprint density at radius 1 is 0.929 bits per heavy atom. The van der Waals surface area contributed by atoms with Gasteiger partial charge in [-0.15, -0.1) is 0 Å². The van der Waals surface area contributed by atoms with Gasteiger partial charge in [-0.2, -0.15) is 0 Å². The van der Waals surface area contributed by atoms with Crippen LogP contribution in [0.4, 0.5) is 0 Å². The monoisotopic (exact) mass is 190 g/mol. The van der Waals surface area contributed by atoms with Crippen LogP contribution in [0.2, 0.25) is 0 Å². The molecule has 2 heteroatoms. The van der Waals surface area contributed by atoms with Crippen molar-refractivity contribution in [3.05, 3.63) is 35.4 Å². The van der Waals surface area contributed by atoms with Crippen LogP contribution in [-0.2, 0) is 22.3 Å². The van der Waals surface area contributed by atoms with E-state index in [4.69, 9.17) is 9.47 Å². The Hall–Kier alpha value is -0.860. The maximum Gasteiger partial charge on any atom is 0.0850 e. The van der Waals surface area contributed by atoms with Crippen LogP contribution in [0, 0.1) is 0 Å². The molecular formula is C12H14O2. The Morgan fingerprint density at radius 2 is 1.36 bits per heavy atom. The molecule has 0 aliphatic carbocycles. The van der Waals surface area contributed by atoms with E-state index in [0.717, 1.165) is 26.1 Å². The molecule has 2 fully saturated rings. The minimum atomic E-state index is 0.483. The second kappa shape index (κ2) is 3.37. The van der Waals surface area contributed by atoms with Gasteiger partial charge in [-0.05, 0) is 11.1 Å². The van der Waals surface area contributed by atoms with E-state index in [9.17, 15) is 0 Å². The zero-order valence-corrected chi connectivity index (χ0v) is 8.11. The van der Waals surface area contributed by atoms with Crippen LogP contribution in [0.1, 0.15) is 11.1 Å². The molecule has 1 aromatic carbocycles. The third-order valence-electron chi connectivity index (χ3n) is 2.82. The topological polar surface area (TPSA) is 25.1 Å². The third-order valence-corrected chi connectivity index (χ3v) is 2.82. The lowest BCUT2D eigenvalue weighted by Gasteiger charge is -2.06. The molecule has 2 heterocycles.